The van der Waals surface area contributed by atoms with Crippen LogP contribution in [0.5, 0.6) is 0 Å². The lowest BCUT2D eigenvalue weighted by molar-refractivity contribution is -0.115. The Morgan fingerprint density at radius 3 is 2.68 bits per heavy atom. The van der Waals surface area contributed by atoms with Crippen molar-refractivity contribution in [1.82, 2.24) is 15.0 Å². The van der Waals surface area contributed by atoms with Crippen LogP contribution in [0.15, 0.2) is 42.2 Å². The number of nitrogens with zero attached hydrogens (tertiary/aromatic N) is 3. The molecular weight excluding hydrogens is 390 g/mol. The molecule has 8 heteroatoms. The number of thiophene rings is 1. The Labute approximate surface area is 170 Å². The Morgan fingerprint density at radius 2 is 1.93 bits per heavy atom. The maximum absolute atomic E-state index is 12.1. The molecule has 3 aromatic heterocycles. The minimum Gasteiger partial charge on any atom is -0.369 e. The van der Waals surface area contributed by atoms with Gasteiger partial charge in [-0.25, -0.2) is 15.0 Å². The van der Waals surface area contributed by atoms with Gasteiger partial charge < -0.3 is 10.6 Å². The highest BCUT2D eigenvalue weighted by Crippen LogP contribution is 2.40. The quantitative estimate of drug-likeness (QED) is 0.475. The van der Waals surface area contributed by atoms with E-state index in [0.29, 0.717) is 18.1 Å². The highest BCUT2D eigenvalue weighted by molar-refractivity contribution is 7.19. The Kier molecular flexibility index (Phi) is 5.31. The third-order valence-electron chi connectivity index (χ3n) is 4.33. The Balaban J connectivity index is 1.55. The van der Waals surface area contributed by atoms with E-state index in [1.165, 1.54) is 21.8 Å². The number of rotatable bonds is 6. The zero-order valence-electron chi connectivity index (χ0n) is 15.5. The van der Waals surface area contributed by atoms with E-state index in [-0.39, 0.29) is 5.91 Å². The standard InChI is InChI=1S/C20H19N5OS2/c1-12-3-5-14(6-4-12)16-13(2)28-19-17(16)18(23-11-24-19)21-8-7-15(26)25-20-22-9-10-27-20/h3-6,9-11H,7-8H2,1-2H3,(H,21,23,24)(H,22,25,26). The normalized spacial score (nSPS) is 10.9. The van der Waals surface area contributed by atoms with Gasteiger partial charge >= 0.3 is 0 Å². The fourth-order valence-electron chi connectivity index (χ4n) is 3.01. The Hall–Kier alpha value is -2.84. The van der Waals surface area contributed by atoms with E-state index < -0.39 is 0 Å². The minimum atomic E-state index is -0.0759. The highest BCUT2D eigenvalue weighted by atomic mass is 32.1. The lowest BCUT2D eigenvalue weighted by Gasteiger charge is -2.09. The van der Waals surface area contributed by atoms with E-state index in [0.717, 1.165) is 27.2 Å². The van der Waals surface area contributed by atoms with E-state index >= 15 is 0 Å². The van der Waals surface area contributed by atoms with Crippen LogP contribution >= 0.6 is 22.7 Å². The first-order valence-electron chi connectivity index (χ1n) is 8.86. The summed E-state index contributed by atoms with van der Waals surface area (Å²) in [6.45, 7) is 4.66. The van der Waals surface area contributed by atoms with E-state index in [1.807, 2.05) is 5.38 Å². The second-order valence-corrected chi connectivity index (χ2v) is 8.46. The number of aryl methyl sites for hydroxylation is 2. The molecule has 28 heavy (non-hydrogen) atoms. The van der Waals surface area contributed by atoms with Crippen molar-refractivity contribution in [2.45, 2.75) is 20.3 Å². The van der Waals surface area contributed by atoms with Gasteiger partial charge in [-0.1, -0.05) is 29.8 Å². The summed E-state index contributed by atoms with van der Waals surface area (Å²) in [6, 6.07) is 8.47. The molecule has 0 fully saturated rings. The summed E-state index contributed by atoms with van der Waals surface area (Å²) in [5.74, 6) is 0.681. The summed E-state index contributed by atoms with van der Waals surface area (Å²) in [5, 5.41) is 9.55. The van der Waals surface area contributed by atoms with E-state index in [4.69, 9.17) is 0 Å². The van der Waals surface area contributed by atoms with E-state index in [9.17, 15) is 4.79 Å². The van der Waals surface area contributed by atoms with E-state index in [1.54, 1.807) is 23.9 Å². The van der Waals surface area contributed by atoms with Gasteiger partial charge in [0.05, 0.1) is 5.39 Å². The minimum absolute atomic E-state index is 0.0759. The van der Waals surface area contributed by atoms with Crippen LogP contribution in [-0.2, 0) is 4.79 Å². The summed E-state index contributed by atoms with van der Waals surface area (Å²) in [4.78, 5) is 27.2. The molecule has 2 N–H and O–H groups in total. The number of carbonyl (C=O) groups is 1. The molecule has 6 nitrogen and oxygen atoms in total. The molecule has 0 atom stereocenters. The van der Waals surface area contributed by atoms with Crippen LogP contribution < -0.4 is 10.6 Å². The summed E-state index contributed by atoms with van der Waals surface area (Å²) in [7, 11) is 0. The molecule has 142 valence electrons. The zero-order chi connectivity index (χ0) is 19.5. The molecule has 0 bridgehead atoms. The van der Waals surface area contributed by atoms with Crippen LogP contribution in [0, 0.1) is 13.8 Å². The first kappa shape index (κ1) is 18.5. The fourth-order valence-corrected chi connectivity index (χ4v) is 4.57. The molecule has 0 radical (unpaired) electrons. The topological polar surface area (TPSA) is 79.8 Å². The van der Waals surface area contributed by atoms with Gasteiger partial charge in [-0.15, -0.1) is 22.7 Å². The smallest absolute Gasteiger partial charge is 0.227 e. The van der Waals surface area contributed by atoms with Gasteiger partial charge in [0.2, 0.25) is 5.91 Å². The number of carbonyl (C=O) groups excluding carboxylic acids is 1. The molecule has 0 aliphatic rings. The van der Waals surface area contributed by atoms with Crippen LogP contribution in [0.4, 0.5) is 10.9 Å². The molecule has 3 heterocycles. The van der Waals surface area contributed by atoms with Crippen LogP contribution in [0.2, 0.25) is 0 Å². The van der Waals surface area contributed by atoms with E-state index in [2.05, 4.69) is 63.7 Å². The molecule has 4 aromatic rings. The number of nitrogens with one attached hydrogen (secondary N) is 2. The second-order valence-electron chi connectivity index (χ2n) is 6.36. The lowest BCUT2D eigenvalue weighted by Crippen LogP contribution is -2.16. The van der Waals surface area contributed by atoms with Gasteiger partial charge in [0, 0.05) is 35.0 Å². The maximum atomic E-state index is 12.1. The SMILES string of the molecule is Cc1ccc(-c2c(C)sc3ncnc(NCCC(=O)Nc4nccs4)c23)cc1. The first-order chi connectivity index (χ1) is 13.6. The third-order valence-corrected chi connectivity index (χ3v) is 6.03. The molecule has 1 aromatic carbocycles. The molecule has 4 rings (SSSR count). The van der Waals surface area contributed by atoms with Gasteiger partial charge in [-0.3, -0.25) is 4.79 Å². The summed E-state index contributed by atoms with van der Waals surface area (Å²) < 4.78 is 0. The third kappa shape index (κ3) is 3.88. The van der Waals surface area contributed by atoms with Crippen molar-refractivity contribution in [3.05, 3.63) is 52.6 Å². The molecule has 0 saturated heterocycles. The van der Waals surface area contributed by atoms with Crippen molar-refractivity contribution in [1.29, 1.82) is 0 Å². The highest BCUT2D eigenvalue weighted by Gasteiger charge is 2.16. The molecule has 0 spiro atoms. The summed E-state index contributed by atoms with van der Waals surface area (Å²) >= 11 is 3.06. The number of benzene rings is 1. The maximum Gasteiger partial charge on any atom is 0.227 e. The average molecular weight is 410 g/mol. The monoisotopic (exact) mass is 409 g/mol. The van der Waals surface area contributed by atoms with Crippen molar-refractivity contribution in [3.63, 3.8) is 0 Å². The number of hydrogen-bond acceptors (Lipinski definition) is 7. The van der Waals surface area contributed by atoms with Crippen molar-refractivity contribution < 1.29 is 4.79 Å². The fraction of sp³-hybridized carbons (Fsp3) is 0.200. The first-order valence-corrected chi connectivity index (χ1v) is 10.6. The zero-order valence-corrected chi connectivity index (χ0v) is 17.2. The van der Waals surface area contributed by atoms with Gasteiger partial charge in [-0.05, 0) is 19.4 Å². The number of aromatic nitrogens is 3. The largest absolute Gasteiger partial charge is 0.369 e. The van der Waals surface area contributed by atoms with Crippen molar-refractivity contribution in [3.8, 4) is 11.1 Å². The number of anilines is 2. The number of fused-ring (bicyclic) bond motifs is 1. The lowest BCUT2D eigenvalue weighted by atomic mass is 10.0. The second kappa shape index (κ2) is 8.04. The molecule has 0 saturated carbocycles. The number of amides is 1. The Morgan fingerprint density at radius 1 is 1.11 bits per heavy atom. The van der Waals surface area contributed by atoms with Gasteiger partial charge in [0.15, 0.2) is 5.13 Å². The van der Waals surface area contributed by atoms with Crippen molar-refractivity contribution >= 4 is 49.7 Å². The Bertz CT molecular complexity index is 1100. The molecule has 1 amide bonds. The van der Waals surface area contributed by atoms with Crippen LogP contribution in [0.3, 0.4) is 0 Å². The van der Waals surface area contributed by atoms with Gasteiger partial charge in [-0.2, -0.15) is 0 Å². The molecule has 0 aliphatic carbocycles. The number of hydrogen-bond donors (Lipinski definition) is 2. The summed E-state index contributed by atoms with van der Waals surface area (Å²) in [5.41, 5.74) is 3.52. The van der Waals surface area contributed by atoms with Crippen LogP contribution in [0.1, 0.15) is 16.9 Å². The van der Waals surface area contributed by atoms with Crippen LogP contribution in [0.25, 0.3) is 21.3 Å². The predicted molar refractivity (Wildman–Crippen MR) is 116 cm³/mol. The molecule has 0 aliphatic heterocycles. The van der Waals surface area contributed by atoms with Gasteiger partial charge in [0.1, 0.15) is 17.0 Å². The van der Waals surface area contributed by atoms with Crippen LogP contribution in [-0.4, -0.2) is 27.4 Å². The van der Waals surface area contributed by atoms with Crippen molar-refractivity contribution in [2.75, 3.05) is 17.2 Å². The van der Waals surface area contributed by atoms with Gasteiger partial charge in [0.25, 0.3) is 0 Å². The predicted octanol–water partition coefficient (Wildman–Crippen LogP) is 4.87. The summed E-state index contributed by atoms with van der Waals surface area (Å²) in [6.07, 6.45) is 3.56. The number of thiazole rings is 1. The molecule has 0 unspecified atom stereocenters. The molecular formula is C20H19N5OS2. The average Bonchev–Trinajstić information content (AvgIpc) is 3.30. The van der Waals surface area contributed by atoms with Crippen molar-refractivity contribution in [2.24, 2.45) is 0 Å².